The molecule has 0 spiro atoms. The summed E-state index contributed by atoms with van der Waals surface area (Å²) in [6.07, 6.45) is 1.08. The highest BCUT2D eigenvalue weighted by atomic mass is 35.5. The van der Waals surface area contributed by atoms with Crippen molar-refractivity contribution in [2.75, 3.05) is 11.9 Å². The second-order valence-electron chi connectivity index (χ2n) is 3.85. The number of rotatable bonds is 4. The molecule has 0 atom stereocenters. The van der Waals surface area contributed by atoms with Crippen LogP contribution in [0, 0.1) is 5.92 Å². The summed E-state index contributed by atoms with van der Waals surface area (Å²) in [6, 6.07) is 3.37. The fourth-order valence-corrected chi connectivity index (χ4v) is 2.15. The standard InChI is InChI=1S/C11H14Cl3N/c1-7(2)3-4-15-11-9(13)5-8(12)6-10(11)14/h5-7,15H,3-4H2,1-2H3. The third kappa shape index (κ3) is 4.10. The molecular weight excluding hydrogens is 252 g/mol. The molecule has 1 aromatic rings. The lowest BCUT2D eigenvalue weighted by Gasteiger charge is -2.11. The maximum absolute atomic E-state index is 6.02. The van der Waals surface area contributed by atoms with Crippen LogP contribution in [0.15, 0.2) is 12.1 Å². The van der Waals surface area contributed by atoms with Gasteiger partial charge in [-0.25, -0.2) is 0 Å². The van der Waals surface area contributed by atoms with Gasteiger partial charge in [0.15, 0.2) is 0 Å². The summed E-state index contributed by atoms with van der Waals surface area (Å²) in [4.78, 5) is 0. The first-order chi connectivity index (χ1) is 7.00. The van der Waals surface area contributed by atoms with E-state index in [1.807, 2.05) is 0 Å². The Morgan fingerprint density at radius 1 is 1.13 bits per heavy atom. The molecule has 0 bridgehead atoms. The monoisotopic (exact) mass is 265 g/mol. The van der Waals surface area contributed by atoms with Gasteiger partial charge < -0.3 is 5.32 Å². The molecule has 84 valence electrons. The molecule has 0 aromatic heterocycles. The van der Waals surface area contributed by atoms with E-state index in [2.05, 4.69) is 19.2 Å². The number of halogens is 3. The lowest BCUT2D eigenvalue weighted by molar-refractivity contribution is 0.607. The number of hydrogen-bond donors (Lipinski definition) is 1. The fourth-order valence-electron chi connectivity index (χ4n) is 1.20. The van der Waals surface area contributed by atoms with Crippen LogP contribution in [-0.2, 0) is 0 Å². The van der Waals surface area contributed by atoms with Gasteiger partial charge in [0.25, 0.3) is 0 Å². The van der Waals surface area contributed by atoms with Crippen molar-refractivity contribution in [3.05, 3.63) is 27.2 Å². The Morgan fingerprint density at radius 2 is 1.67 bits per heavy atom. The maximum Gasteiger partial charge on any atom is 0.0720 e. The van der Waals surface area contributed by atoms with Crippen LogP contribution in [0.3, 0.4) is 0 Å². The molecular formula is C11H14Cl3N. The molecule has 1 aromatic carbocycles. The maximum atomic E-state index is 6.02. The predicted octanol–water partition coefficient (Wildman–Crippen LogP) is 5.10. The average Bonchev–Trinajstić information content (AvgIpc) is 2.08. The van der Waals surface area contributed by atoms with E-state index in [4.69, 9.17) is 34.8 Å². The van der Waals surface area contributed by atoms with E-state index in [1.165, 1.54) is 0 Å². The Hall–Kier alpha value is -0.110. The van der Waals surface area contributed by atoms with Gasteiger partial charge in [-0.1, -0.05) is 48.7 Å². The van der Waals surface area contributed by atoms with Crippen LogP contribution < -0.4 is 5.32 Å². The Kier molecular flexibility index (Phi) is 5.04. The van der Waals surface area contributed by atoms with Gasteiger partial charge in [0.05, 0.1) is 15.7 Å². The summed E-state index contributed by atoms with van der Waals surface area (Å²) in [5.41, 5.74) is 0.767. The first-order valence-electron chi connectivity index (χ1n) is 4.89. The first kappa shape index (κ1) is 13.0. The van der Waals surface area contributed by atoms with E-state index in [-0.39, 0.29) is 0 Å². The zero-order chi connectivity index (χ0) is 11.4. The van der Waals surface area contributed by atoms with Gasteiger partial charge in [-0.2, -0.15) is 0 Å². The van der Waals surface area contributed by atoms with E-state index in [0.717, 1.165) is 18.7 Å². The van der Waals surface area contributed by atoms with Gasteiger partial charge >= 0.3 is 0 Å². The number of hydrogen-bond acceptors (Lipinski definition) is 1. The Balaban J connectivity index is 2.68. The van der Waals surface area contributed by atoms with E-state index in [0.29, 0.717) is 21.0 Å². The minimum absolute atomic E-state index is 0.555. The van der Waals surface area contributed by atoms with Gasteiger partial charge in [-0.05, 0) is 24.5 Å². The molecule has 0 amide bonds. The first-order valence-corrected chi connectivity index (χ1v) is 6.02. The van der Waals surface area contributed by atoms with Crippen molar-refractivity contribution < 1.29 is 0 Å². The molecule has 0 saturated heterocycles. The molecule has 1 nitrogen and oxygen atoms in total. The zero-order valence-corrected chi connectivity index (χ0v) is 11.0. The normalized spacial score (nSPS) is 10.8. The second-order valence-corrected chi connectivity index (χ2v) is 5.10. The molecule has 0 aliphatic heterocycles. The Labute approximate surface area is 106 Å². The van der Waals surface area contributed by atoms with E-state index < -0.39 is 0 Å². The molecule has 1 N–H and O–H groups in total. The third-order valence-electron chi connectivity index (χ3n) is 2.03. The highest BCUT2D eigenvalue weighted by Gasteiger charge is 2.07. The summed E-state index contributed by atoms with van der Waals surface area (Å²) in [5, 5.41) is 4.90. The van der Waals surface area contributed by atoms with Crippen LogP contribution in [0.1, 0.15) is 20.3 Å². The van der Waals surface area contributed by atoms with Crippen molar-refractivity contribution >= 4 is 40.5 Å². The van der Waals surface area contributed by atoms with Crippen LogP contribution in [-0.4, -0.2) is 6.54 Å². The predicted molar refractivity (Wildman–Crippen MR) is 69.4 cm³/mol. The minimum Gasteiger partial charge on any atom is -0.383 e. The van der Waals surface area contributed by atoms with Gasteiger partial charge in [0.2, 0.25) is 0 Å². The van der Waals surface area contributed by atoms with Gasteiger partial charge in [-0.15, -0.1) is 0 Å². The molecule has 0 fully saturated rings. The van der Waals surface area contributed by atoms with E-state index in [9.17, 15) is 0 Å². The Morgan fingerprint density at radius 3 is 2.13 bits per heavy atom. The van der Waals surface area contributed by atoms with Crippen molar-refractivity contribution in [1.29, 1.82) is 0 Å². The van der Waals surface area contributed by atoms with Crippen LogP contribution in [0.5, 0.6) is 0 Å². The average molecular weight is 267 g/mol. The van der Waals surface area contributed by atoms with Gasteiger partial charge in [0.1, 0.15) is 0 Å². The number of benzene rings is 1. The molecule has 4 heteroatoms. The summed E-state index contributed by atoms with van der Waals surface area (Å²) < 4.78 is 0. The van der Waals surface area contributed by atoms with Crippen LogP contribution >= 0.6 is 34.8 Å². The molecule has 0 saturated carbocycles. The van der Waals surface area contributed by atoms with Crippen LogP contribution in [0.4, 0.5) is 5.69 Å². The van der Waals surface area contributed by atoms with Crippen molar-refractivity contribution in [3.8, 4) is 0 Å². The summed E-state index contributed by atoms with van der Waals surface area (Å²) in [5.74, 6) is 0.655. The largest absolute Gasteiger partial charge is 0.383 e. The summed E-state index contributed by atoms with van der Waals surface area (Å²) in [6.45, 7) is 5.21. The third-order valence-corrected chi connectivity index (χ3v) is 2.84. The van der Waals surface area contributed by atoms with Crippen molar-refractivity contribution in [3.63, 3.8) is 0 Å². The van der Waals surface area contributed by atoms with Crippen LogP contribution in [0.2, 0.25) is 15.1 Å². The molecule has 0 radical (unpaired) electrons. The van der Waals surface area contributed by atoms with Crippen molar-refractivity contribution in [1.82, 2.24) is 0 Å². The number of nitrogens with one attached hydrogen (secondary N) is 1. The zero-order valence-electron chi connectivity index (χ0n) is 8.78. The topological polar surface area (TPSA) is 12.0 Å². The van der Waals surface area contributed by atoms with E-state index in [1.54, 1.807) is 12.1 Å². The molecule has 0 unspecified atom stereocenters. The van der Waals surface area contributed by atoms with Crippen LogP contribution in [0.25, 0.3) is 0 Å². The lowest BCUT2D eigenvalue weighted by Crippen LogP contribution is -2.05. The molecule has 15 heavy (non-hydrogen) atoms. The van der Waals surface area contributed by atoms with Gasteiger partial charge in [-0.3, -0.25) is 0 Å². The second kappa shape index (κ2) is 5.83. The SMILES string of the molecule is CC(C)CCNc1c(Cl)cc(Cl)cc1Cl. The molecule has 0 aliphatic carbocycles. The quantitative estimate of drug-likeness (QED) is 0.799. The summed E-state index contributed by atoms with van der Waals surface area (Å²) in [7, 11) is 0. The molecule has 0 heterocycles. The highest BCUT2D eigenvalue weighted by molar-refractivity contribution is 6.41. The molecule has 0 aliphatic rings. The highest BCUT2D eigenvalue weighted by Crippen LogP contribution is 2.33. The van der Waals surface area contributed by atoms with Crippen molar-refractivity contribution in [2.24, 2.45) is 5.92 Å². The smallest absolute Gasteiger partial charge is 0.0720 e. The lowest BCUT2D eigenvalue weighted by atomic mass is 10.1. The number of anilines is 1. The van der Waals surface area contributed by atoms with Gasteiger partial charge in [0, 0.05) is 11.6 Å². The minimum atomic E-state index is 0.555. The fraction of sp³-hybridized carbons (Fsp3) is 0.455. The molecule has 1 rings (SSSR count). The van der Waals surface area contributed by atoms with E-state index >= 15 is 0 Å². The Bertz CT molecular complexity index is 314. The summed E-state index contributed by atoms with van der Waals surface area (Å²) >= 11 is 17.8. The van der Waals surface area contributed by atoms with Crippen molar-refractivity contribution in [2.45, 2.75) is 20.3 Å².